The van der Waals surface area contributed by atoms with Crippen LogP contribution in [0, 0.1) is 11.8 Å². The van der Waals surface area contributed by atoms with E-state index in [0.29, 0.717) is 11.1 Å². The first kappa shape index (κ1) is 10.3. The van der Waals surface area contributed by atoms with Crippen molar-refractivity contribution < 1.29 is 14.7 Å². The highest BCUT2D eigenvalue weighted by atomic mass is 35.5. The Morgan fingerprint density at radius 1 is 1.54 bits per heavy atom. The van der Waals surface area contributed by atoms with Crippen LogP contribution in [-0.2, 0) is 9.59 Å². The summed E-state index contributed by atoms with van der Waals surface area (Å²) in [5.41, 5.74) is 1.20. The molecule has 2 unspecified atom stereocenters. The summed E-state index contributed by atoms with van der Waals surface area (Å²) in [7, 11) is 0. The predicted molar refractivity (Wildman–Crippen MR) is 48.7 cm³/mol. The first-order valence-corrected chi connectivity index (χ1v) is 4.54. The third kappa shape index (κ3) is 1.48. The second kappa shape index (κ2) is 3.50. The lowest BCUT2D eigenvalue weighted by atomic mass is 9.93. The summed E-state index contributed by atoms with van der Waals surface area (Å²) in [5, 5.41) is 8.88. The van der Waals surface area contributed by atoms with Crippen molar-refractivity contribution in [3.63, 3.8) is 0 Å². The smallest absolute Gasteiger partial charge is 0.311 e. The van der Waals surface area contributed by atoms with Crippen LogP contribution in [0.25, 0.3) is 0 Å². The van der Waals surface area contributed by atoms with Crippen LogP contribution in [0.4, 0.5) is 0 Å². The molecule has 0 saturated carbocycles. The highest BCUT2D eigenvalue weighted by Gasteiger charge is 2.41. The lowest BCUT2D eigenvalue weighted by molar-refractivity contribution is -0.143. The summed E-state index contributed by atoms with van der Waals surface area (Å²) in [6.45, 7) is 3.33. The van der Waals surface area contributed by atoms with Crippen molar-refractivity contribution in [1.29, 1.82) is 0 Å². The monoisotopic (exact) mass is 202 g/mol. The molecule has 0 aliphatic heterocycles. The molecule has 1 N–H and O–H groups in total. The molecule has 0 bridgehead atoms. The van der Waals surface area contributed by atoms with Gasteiger partial charge in [0.05, 0.1) is 11.8 Å². The Morgan fingerprint density at radius 3 is 2.38 bits per heavy atom. The number of halogens is 1. The fourth-order valence-electron chi connectivity index (χ4n) is 1.68. The van der Waals surface area contributed by atoms with Crippen LogP contribution < -0.4 is 0 Å². The van der Waals surface area contributed by atoms with Gasteiger partial charge in [-0.25, -0.2) is 0 Å². The molecule has 3 nitrogen and oxygen atoms in total. The van der Waals surface area contributed by atoms with Crippen LogP contribution in [0.3, 0.4) is 0 Å². The zero-order valence-corrected chi connectivity index (χ0v) is 8.26. The molecule has 0 spiro atoms. The van der Waals surface area contributed by atoms with Gasteiger partial charge in [-0.15, -0.1) is 11.6 Å². The molecule has 13 heavy (non-hydrogen) atoms. The van der Waals surface area contributed by atoms with E-state index in [9.17, 15) is 9.59 Å². The Bertz CT molecular complexity index is 293. The SMILES string of the molecule is CC1=C(C)C(C(=O)O)C(CCl)C1=O. The van der Waals surface area contributed by atoms with E-state index in [1.54, 1.807) is 13.8 Å². The van der Waals surface area contributed by atoms with E-state index >= 15 is 0 Å². The van der Waals surface area contributed by atoms with Crippen molar-refractivity contribution in [2.75, 3.05) is 5.88 Å². The van der Waals surface area contributed by atoms with Crippen molar-refractivity contribution >= 4 is 23.4 Å². The van der Waals surface area contributed by atoms with E-state index in [1.807, 2.05) is 0 Å². The molecule has 0 aromatic carbocycles. The van der Waals surface area contributed by atoms with Gasteiger partial charge in [-0.2, -0.15) is 0 Å². The molecule has 2 atom stereocenters. The van der Waals surface area contributed by atoms with Gasteiger partial charge in [0.25, 0.3) is 0 Å². The molecule has 0 heterocycles. The minimum atomic E-state index is -0.964. The Hall–Kier alpha value is -0.830. The number of carbonyl (C=O) groups excluding carboxylic acids is 1. The average Bonchev–Trinajstić information content (AvgIpc) is 2.29. The number of allylic oxidation sites excluding steroid dienone is 1. The average molecular weight is 203 g/mol. The lowest BCUT2D eigenvalue weighted by Crippen LogP contribution is -2.26. The quantitative estimate of drug-likeness (QED) is 0.690. The van der Waals surface area contributed by atoms with E-state index in [2.05, 4.69) is 0 Å². The zero-order chi connectivity index (χ0) is 10.2. The summed E-state index contributed by atoms with van der Waals surface area (Å²) in [5.74, 6) is -2.30. The minimum Gasteiger partial charge on any atom is -0.481 e. The Balaban J connectivity index is 3.07. The van der Waals surface area contributed by atoms with Gasteiger partial charge in [-0.1, -0.05) is 5.57 Å². The molecule has 4 heteroatoms. The number of Topliss-reactive ketones (excluding diaryl/α,β-unsaturated/α-hetero) is 1. The fraction of sp³-hybridized carbons (Fsp3) is 0.556. The van der Waals surface area contributed by atoms with Crippen LogP contribution in [0.2, 0.25) is 0 Å². The summed E-state index contributed by atoms with van der Waals surface area (Å²) in [6.07, 6.45) is 0. The molecule has 0 aromatic rings. The molecular formula is C9H11ClO3. The molecule has 1 rings (SSSR count). The van der Waals surface area contributed by atoms with Crippen LogP contribution in [0.15, 0.2) is 11.1 Å². The summed E-state index contributed by atoms with van der Waals surface area (Å²) in [4.78, 5) is 22.3. The Kier molecular flexibility index (Phi) is 2.76. The number of rotatable bonds is 2. The van der Waals surface area contributed by atoms with Gasteiger partial charge in [0.2, 0.25) is 0 Å². The maximum atomic E-state index is 11.5. The molecule has 1 aliphatic carbocycles. The minimum absolute atomic E-state index is 0.0739. The standard InChI is InChI=1S/C9H11ClO3/c1-4-5(2)8(11)6(3-10)7(4)9(12)13/h6-7H,3H2,1-2H3,(H,12,13). The third-order valence-electron chi connectivity index (χ3n) is 2.60. The molecule has 0 amide bonds. The van der Waals surface area contributed by atoms with Gasteiger partial charge >= 0.3 is 5.97 Å². The van der Waals surface area contributed by atoms with Crippen molar-refractivity contribution in [2.45, 2.75) is 13.8 Å². The number of hydrogen-bond donors (Lipinski definition) is 1. The van der Waals surface area contributed by atoms with Crippen molar-refractivity contribution in [3.05, 3.63) is 11.1 Å². The largest absolute Gasteiger partial charge is 0.481 e. The van der Waals surface area contributed by atoms with Crippen molar-refractivity contribution in [2.24, 2.45) is 11.8 Å². The molecule has 0 saturated heterocycles. The topological polar surface area (TPSA) is 54.4 Å². The highest BCUT2D eigenvalue weighted by molar-refractivity contribution is 6.21. The van der Waals surface area contributed by atoms with Gasteiger partial charge in [0, 0.05) is 5.88 Å². The fourth-order valence-corrected chi connectivity index (χ4v) is 1.99. The van der Waals surface area contributed by atoms with E-state index in [-0.39, 0.29) is 11.7 Å². The van der Waals surface area contributed by atoms with Crippen LogP contribution in [0.1, 0.15) is 13.8 Å². The van der Waals surface area contributed by atoms with Gasteiger partial charge in [0.15, 0.2) is 5.78 Å². The number of alkyl halides is 1. The Labute approximate surface area is 81.4 Å². The molecule has 1 aliphatic rings. The molecule has 72 valence electrons. The van der Waals surface area contributed by atoms with E-state index in [4.69, 9.17) is 16.7 Å². The van der Waals surface area contributed by atoms with Crippen LogP contribution >= 0.6 is 11.6 Å². The van der Waals surface area contributed by atoms with Crippen LogP contribution in [0.5, 0.6) is 0 Å². The maximum absolute atomic E-state index is 11.5. The summed E-state index contributed by atoms with van der Waals surface area (Å²) >= 11 is 5.56. The molecular weight excluding hydrogens is 192 g/mol. The second-order valence-corrected chi connectivity index (χ2v) is 3.56. The molecule has 0 radical (unpaired) electrons. The Morgan fingerprint density at radius 2 is 2.08 bits per heavy atom. The van der Waals surface area contributed by atoms with Gasteiger partial charge in [0.1, 0.15) is 0 Å². The normalized spacial score (nSPS) is 28.4. The number of carboxylic acid groups (broad SMARTS) is 1. The van der Waals surface area contributed by atoms with Gasteiger partial charge in [-0.05, 0) is 19.4 Å². The van der Waals surface area contributed by atoms with Gasteiger partial charge < -0.3 is 5.11 Å². The number of ketones is 1. The third-order valence-corrected chi connectivity index (χ3v) is 2.93. The molecule has 0 aromatic heterocycles. The first-order chi connectivity index (χ1) is 6.00. The van der Waals surface area contributed by atoms with E-state index in [1.165, 1.54) is 0 Å². The van der Waals surface area contributed by atoms with Crippen molar-refractivity contribution in [3.8, 4) is 0 Å². The first-order valence-electron chi connectivity index (χ1n) is 4.01. The van der Waals surface area contributed by atoms with E-state index in [0.717, 1.165) is 0 Å². The summed E-state index contributed by atoms with van der Waals surface area (Å²) in [6, 6.07) is 0. The van der Waals surface area contributed by atoms with Crippen molar-refractivity contribution in [1.82, 2.24) is 0 Å². The number of hydrogen-bond acceptors (Lipinski definition) is 2. The molecule has 0 fully saturated rings. The zero-order valence-electron chi connectivity index (χ0n) is 7.50. The second-order valence-electron chi connectivity index (χ2n) is 3.25. The highest BCUT2D eigenvalue weighted by Crippen LogP contribution is 2.34. The maximum Gasteiger partial charge on any atom is 0.311 e. The van der Waals surface area contributed by atoms with Crippen LogP contribution in [-0.4, -0.2) is 22.7 Å². The number of carboxylic acids is 1. The van der Waals surface area contributed by atoms with E-state index < -0.39 is 17.8 Å². The summed E-state index contributed by atoms with van der Waals surface area (Å²) < 4.78 is 0. The predicted octanol–water partition coefficient (Wildman–Crippen LogP) is 1.46. The lowest BCUT2D eigenvalue weighted by Gasteiger charge is -2.12. The number of aliphatic carboxylic acids is 1. The number of carbonyl (C=O) groups is 2. The van der Waals surface area contributed by atoms with Gasteiger partial charge in [-0.3, -0.25) is 9.59 Å².